The van der Waals surface area contributed by atoms with Crippen molar-refractivity contribution < 1.29 is 42.6 Å². The van der Waals surface area contributed by atoms with Crippen LogP contribution in [0.2, 0.25) is 0 Å². The summed E-state index contributed by atoms with van der Waals surface area (Å²) in [5, 5.41) is 17.0. The number of alkyl carbamates (subject to hydrolysis) is 1. The first-order valence-corrected chi connectivity index (χ1v) is 21.6. The minimum atomic E-state index is -1.07. The highest BCUT2D eigenvalue weighted by molar-refractivity contribution is 6.01. The van der Waals surface area contributed by atoms with Gasteiger partial charge >= 0.3 is 6.09 Å². The fourth-order valence-electron chi connectivity index (χ4n) is 7.57. The molecule has 0 radical (unpaired) electrons. The SMILES string of the molecule is CCCN(CCC)C(=O)c1cc(C)cc(C(=O)C[C@@H](Cc2cc(F)cc(F)c2)[C@@H](O)CCNC(=O)CCC2CCN(C(=O)CCCCCNC(=O)OC(C)(C)C)CC2)c1. The molecule has 13 heteroatoms. The first-order chi connectivity index (χ1) is 28.0. The minimum absolute atomic E-state index is 0.0302. The maximum atomic E-state index is 14.1. The Kier molecular flexibility index (Phi) is 20.4. The summed E-state index contributed by atoms with van der Waals surface area (Å²) in [7, 11) is 0. The topological polar surface area (TPSA) is 145 Å². The molecule has 3 N–H and O–H groups in total. The quantitative estimate of drug-likeness (QED) is 0.0762. The van der Waals surface area contributed by atoms with E-state index in [2.05, 4.69) is 10.6 Å². The van der Waals surface area contributed by atoms with Crippen molar-refractivity contribution in [1.29, 1.82) is 0 Å². The average molecular weight is 827 g/mol. The summed E-state index contributed by atoms with van der Waals surface area (Å²) in [6.45, 7) is 14.4. The fraction of sp³-hybridized carbons (Fsp3) is 0.630. The number of aliphatic hydroxyl groups excluding tert-OH is 1. The van der Waals surface area contributed by atoms with Crippen LogP contribution in [0.4, 0.5) is 13.6 Å². The van der Waals surface area contributed by atoms with Crippen molar-refractivity contribution in [2.24, 2.45) is 11.8 Å². The first kappa shape index (κ1) is 49.0. The number of aliphatic hydroxyl groups is 1. The van der Waals surface area contributed by atoms with E-state index in [1.165, 1.54) is 12.1 Å². The predicted molar refractivity (Wildman–Crippen MR) is 225 cm³/mol. The molecule has 0 aliphatic carbocycles. The Bertz CT molecular complexity index is 1660. The number of Topliss-reactive ketones (excluding diaryl/α,β-unsaturated/α-hetero) is 1. The van der Waals surface area contributed by atoms with Crippen LogP contribution in [0.3, 0.4) is 0 Å². The Labute approximate surface area is 350 Å². The molecule has 0 spiro atoms. The van der Waals surface area contributed by atoms with Crippen molar-refractivity contribution in [2.75, 3.05) is 39.3 Å². The van der Waals surface area contributed by atoms with Crippen molar-refractivity contribution >= 4 is 29.6 Å². The van der Waals surface area contributed by atoms with E-state index in [9.17, 15) is 37.9 Å². The summed E-state index contributed by atoms with van der Waals surface area (Å²) in [5.41, 5.74) is 1.24. The maximum Gasteiger partial charge on any atom is 0.407 e. The maximum absolute atomic E-state index is 14.1. The van der Waals surface area contributed by atoms with E-state index in [-0.39, 0.29) is 49.3 Å². The van der Waals surface area contributed by atoms with Gasteiger partial charge in [0.05, 0.1) is 6.10 Å². The molecule has 2 aromatic rings. The molecular formula is C46H68F2N4O7. The number of amides is 4. The summed E-state index contributed by atoms with van der Waals surface area (Å²) in [5.74, 6) is -2.40. The van der Waals surface area contributed by atoms with E-state index >= 15 is 0 Å². The molecule has 1 saturated heterocycles. The van der Waals surface area contributed by atoms with Gasteiger partial charge in [0, 0.05) is 75.7 Å². The van der Waals surface area contributed by atoms with Crippen molar-refractivity contribution in [3.05, 3.63) is 70.3 Å². The summed E-state index contributed by atoms with van der Waals surface area (Å²) >= 11 is 0. The summed E-state index contributed by atoms with van der Waals surface area (Å²) in [6, 6.07) is 8.19. The van der Waals surface area contributed by atoms with Crippen molar-refractivity contribution in [1.82, 2.24) is 20.4 Å². The molecule has 1 heterocycles. The Hall–Kier alpha value is -4.39. The predicted octanol–water partition coefficient (Wildman–Crippen LogP) is 7.94. The number of hydrogen-bond donors (Lipinski definition) is 3. The van der Waals surface area contributed by atoms with Gasteiger partial charge in [-0.15, -0.1) is 0 Å². The number of ether oxygens (including phenoxy) is 1. The zero-order valence-electron chi connectivity index (χ0n) is 36.2. The van der Waals surface area contributed by atoms with Gasteiger partial charge < -0.3 is 30.3 Å². The second-order valence-corrected chi connectivity index (χ2v) is 17.1. The third-order valence-electron chi connectivity index (χ3n) is 10.6. The van der Waals surface area contributed by atoms with Gasteiger partial charge in [0.1, 0.15) is 17.2 Å². The highest BCUT2D eigenvalue weighted by Gasteiger charge is 2.27. The summed E-state index contributed by atoms with van der Waals surface area (Å²) in [4.78, 5) is 68.1. The number of halogens is 2. The van der Waals surface area contributed by atoms with Gasteiger partial charge in [0.25, 0.3) is 5.91 Å². The fourth-order valence-corrected chi connectivity index (χ4v) is 7.57. The van der Waals surface area contributed by atoms with Crippen LogP contribution in [0.25, 0.3) is 0 Å². The lowest BCUT2D eigenvalue weighted by Crippen LogP contribution is -2.38. The van der Waals surface area contributed by atoms with Crippen molar-refractivity contribution in [3.8, 4) is 0 Å². The number of ketones is 1. The van der Waals surface area contributed by atoms with E-state index in [4.69, 9.17) is 4.74 Å². The van der Waals surface area contributed by atoms with Crippen LogP contribution in [-0.4, -0.2) is 95.5 Å². The van der Waals surface area contributed by atoms with E-state index in [0.717, 1.165) is 56.6 Å². The number of benzene rings is 2. The van der Waals surface area contributed by atoms with E-state index in [1.807, 2.05) is 46.4 Å². The molecule has 1 aliphatic rings. The number of rotatable bonds is 23. The smallest absolute Gasteiger partial charge is 0.407 e. The lowest BCUT2D eigenvalue weighted by Gasteiger charge is -2.32. The molecular weight excluding hydrogens is 759 g/mol. The Morgan fingerprint density at radius 1 is 0.864 bits per heavy atom. The summed E-state index contributed by atoms with van der Waals surface area (Å²) < 4.78 is 33.5. The highest BCUT2D eigenvalue weighted by Crippen LogP contribution is 2.25. The molecule has 2 aromatic carbocycles. The molecule has 4 amide bonds. The van der Waals surface area contributed by atoms with Crippen LogP contribution in [-0.2, 0) is 20.7 Å². The standard InChI is InChI=1S/C46H68F2N4O7/c1-7-20-52(21-8-2)44(57)37-25-32(3)24-35(29-37)41(54)30-36(26-34-27-38(47)31-39(48)28-34)40(53)15-19-49-42(55)14-13-33-16-22-51(23-17-33)43(56)12-10-9-11-18-50-45(58)59-46(4,5)6/h24-25,27-29,31,33,36,40,53H,7-23,26,30H2,1-6H3,(H,49,55)(H,50,58)/t36-,40+/m1/s1. The molecule has 3 rings (SSSR count). The van der Waals surface area contributed by atoms with Gasteiger partial charge in [0.2, 0.25) is 11.8 Å². The van der Waals surface area contributed by atoms with Gasteiger partial charge in [-0.05, 0) is 139 Å². The Balaban J connectivity index is 1.47. The molecule has 328 valence electrons. The van der Waals surface area contributed by atoms with Crippen LogP contribution in [0.1, 0.15) is 144 Å². The molecule has 59 heavy (non-hydrogen) atoms. The van der Waals surface area contributed by atoms with Crippen LogP contribution in [0, 0.1) is 30.4 Å². The normalized spacial score (nSPS) is 14.4. The number of carbonyl (C=O) groups excluding carboxylic acids is 5. The van der Waals surface area contributed by atoms with Crippen LogP contribution >= 0.6 is 0 Å². The number of likely N-dealkylation sites (tertiary alicyclic amines) is 1. The molecule has 1 fully saturated rings. The highest BCUT2D eigenvalue weighted by atomic mass is 19.1. The van der Waals surface area contributed by atoms with E-state index in [1.54, 1.807) is 23.1 Å². The van der Waals surface area contributed by atoms with Gasteiger partial charge in [-0.25, -0.2) is 13.6 Å². The Morgan fingerprint density at radius 2 is 1.51 bits per heavy atom. The third-order valence-corrected chi connectivity index (χ3v) is 10.6. The second kappa shape index (κ2) is 24.6. The molecule has 1 aliphatic heterocycles. The Morgan fingerprint density at radius 3 is 2.14 bits per heavy atom. The number of nitrogens with zero attached hydrogens (tertiary/aromatic N) is 2. The zero-order chi connectivity index (χ0) is 43.5. The molecule has 0 unspecified atom stereocenters. The van der Waals surface area contributed by atoms with Crippen LogP contribution in [0.15, 0.2) is 36.4 Å². The number of unbranched alkanes of at least 4 members (excludes halogenated alkanes) is 2. The van der Waals surface area contributed by atoms with Gasteiger partial charge in [-0.2, -0.15) is 0 Å². The summed E-state index contributed by atoms with van der Waals surface area (Å²) in [6.07, 6.45) is 5.54. The third kappa shape index (κ3) is 18.2. The molecule has 0 saturated carbocycles. The number of piperidine rings is 1. The zero-order valence-corrected chi connectivity index (χ0v) is 36.2. The monoisotopic (exact) mass is 827 g/mol. The van der Waals surface area contributed by atoms with Crippen molar-refractivity contribution in [3.63, 3.8) is 0 Å². The lowest BCUT2D eigenvalue weighted by molar-refractivity contribution is -0.133. The van der Waals surface area contributed by atoms with Crippen LogP contribution < -0.4 is 10.6 Å². The van der Waals surface area contributed by atoms with Crippen molar-refractivity contribution in [2.45, 2.75) is 137 Å². The number of aryl methyl sites for hydroxylation is 1. The van der Waals surface area contributed by atoms with E-state index in [0.29, 0.717) is 74.6 Å². The average Bonchev–Trinajstić information content (AvgIpc) is 3.16. The molecule has 0 bridgehead atoms. The molecule has 2 atom stereocenters. The van der Waals surface area contributed by atoms with E-state index < -0.39 is 35.4 Å². The largest absolute Gasteiger partial charge is 0.444 e. The van der Waals surface area contributed by atoms with Gasteiger partial charge in [-0.3, -0.25) is 19.2 Å². The first-order valence-electron chi connectivity index (χ1n) is 21.6. The number of hydrogen-bond acceptors (Lipinski definition) is 7. The number of nitrogens with one attached hydrogen (secondary N) is 2. The second-order valence-electron chi connectivity index (χ2n) is 17.1. The van der Waals surface area contributed by atoms with Gasteiger partial charge in [0.15, 0.2) is 5.78 Å². The molecule has 0 aromatic heterocycles. The lowest BCUT2D eigenvalue weighted by atomic mass is 9.86. The number of carbonyl (C=O) groups is 5. The van der Waals surface area contributed by atoms with Gasteiger partial charge in [-0.1, -0.05) is 20.3 Å². The minimum Gasteiger partial charge on any atom is -0.444 e. The molecule has 11 nitrogen and oxygen atoms in total. The van der Waals surface area contributed by atoms with Crippen LogP contribution in [0.5, 0.6) is 0 Å².